The fraction of sp³-hybridized carbons (Fsp3) is 0.158. The standard InChI is InChI=1S/C19H15F3N2OS/c1-12-24-16(14-7-3-2-4-8-14)17(26-12)18(25)23-11-13-6-5-9-15(10-13)19(20,21)22/h2-10H,11H2,1H3,(H,23,25). The maximum Gasteiger partial charge on any atom is 0.416 e. The second-order valence-electron chi connectivity index (χ2n) is 5.66. The second-order valence-corrected chi connectivity index (χ2v) is 6.86. The van der Waals surface area contributed by atoms with Crippen molar-refractivity contribution in [2.24, 2.45) is 0 Å². The molecule has 0 unspecified atom stereocenters. The average molecular weight is 376 g/mol. The summed E-state index contributed by atoms with van der Waals surface area (Å²) < 4.78 is 38.3. The van der Waals surface area contributed by atoms with Crippen LogP contribution in [0.15, 0.2) is 54.6 Å². The number of carbonyl (C=O) groups excluding carboxylic acids is 1. The number of nitrogens with zero attached hydrogens (tertiary/aromatic N) is 1. The van der Waals surface area contributed by atoms with Crippen LogP contribution >= 0.6 is 11.3 Å². The van der Waals surface area contributed by atoms with Gasteiger partial charge in [-0.25, -0.2) is 4.98 Å². The smallest absolute Gasteiger partial charge is 0.347 e. The van der Waals surface area contributed by atoms with Crippen molar-refractivity contribution in [1.29, 1.82) is 0 Å². The zero-order chi connectivity index (χ0) is 18.7. The van der Waals surface area contributed by atoms with E-state index < -0.39 is 11.7 Å². The van der Waals surface area contributed by atoms with Gasteiger partial charge in [0.05, 0.1) is 16.3 Å². The Labute approximate surface area is 152 Å². The summed E-state index contributed by atoms with van der Waals surface area (Å²) in [6.45, 7) is 1.81. The normalized spacial score (nSPS) is 11.4. The molecule has 0 saturated heterocycles. The van der Waals surface area contributed by atoms with Crippen molar-refractivity contribution < 1.29 is 18.0 Å². The van der Waals surface area contributed by atoms with Crippen molar-refractivity contribution in [2.75, 3.05) is 0 Å². The van der Waals surface area contributed by atoms with Crippen LogP contribution in [-0.2, 0) is 12.7 Å². The molecule has 0 radical (unpaired) electrons. The lowest BCUT2D eigenvalue weighted by atomic mass is 10.1. The summed E-state index contributed by atoms with van der Waals surface area (Å²) in [7, 11) is 0. The zero-order valence-corrected chi connectivity index (χ0v) is 14.6. The van der Waals surface area contributed by atoms with Gasteiger partial charge in [-0.3, -0.25) is 4.79 Å². The first kappa shape index (κ1) is 18.1. The third kappa shape index (κ3) is 4.11. The first-order chi connectivity index (χ1) is 12.3. The summed E-state index contributed by atoms with van der Waals surface area (Å²) >= 11 is 1.26. The van der Waals surface area contributed by atoms with Gasteiger partial charge >= 0.3 is 6.18 Å². The Morgan fingerprint density at radius 1 is 1.12 bits per heavy atom. The molecule has 7 heteroatoms. The first-order valence-corrected chi connectivity index (χ1v) is 8.63. The van der Waals surface area contributed by atoms with Crippen LogP contribution in [0, 0.1) is 6.92 Å². The zero-order valence-electron chi connectivity index (χ0n) is 13.8. The summed E-state index contributed by atoms with van der Waals surface area (Å²) in [5, 5.41) is 3.43. The lowest BCUT2D eigenvalue weighted by Crippen LogP contribution is -2.22. The topological polar surface area (TPSA) is 42.0 Å². The molecule has 2 aromatic carbocycles. The minimum atomic E-state index is -4.41. The van der Waals surface area contributed by atoms with Crippen molar-refractivity contribution >= 4 is 17.2 Å². The number of alkyl halides is 3. The summed E-state index contributed by atoms with van der Waals surface area (Å²) in [5.41, 5.74) is 1.05. The van der Waals surface area contributed by atoms with Gasteiger partial charge in [0.15, 0.2) is 0 Å². The molecule has 1 aromatic heterocycles. The lowest BCUT2D eigenvalue weighted by molar-refractivity contribution is -0.137. The van der Waals surface area contributed by atoms with E-state index in [0.717, 1.165) is 22.7 Å². The summed E-state index contributed by atoms with van der Waals surface area (Å²) in [6.07, 6.45) is -4.41. The van der Waals surface area contributed by atoms with E-state index in [4.69, 9.17) is 0 Å². The number of benzene rings is 2. The highest BCUT2D eigenvalue weighted by molar-refractivity contribution is 7.14. The maximum atomic E-state index is 12.8. The molecule has 3 rings (SSSR count). The van der Waals surface area contributed by atoms with Crippen LogP contribution in [0.4, 0.5) is 13.2 Å². The van der Waals surface area contributed by atoms with Gasteiger partial charge in [-0.2, -0.15) is 13.2 Å². The Hall–Kier alpha value is -2.67. The van der Waals surface area contributed by atoms with Gasteiger partial charge in [0.1, 0.15) is 4.88 Å². The van der Waals surface area contributed by atoms with Gasteiger partial charge in [-0.1, -0.05) is 42.5 Å². The molecule has 3 aromatic rings. The van der Waals surface area contributed by atoms with Crippen LogP contribution in [0.5, 0.6) is 0 Å². The third-order valence-corrected chi connectivity index (χ3v) is 4.66. The Morgan fingerprint density at radius 3 is 2.54 bits per heavy atom. The first-order valence-electron chi connectivity index (χ1n) is 7.82. The minimum Gasteiger partial charge on any atom is -0.347 e. The van der Waals surface area contributed by atoms with E-state index in [0.29, 0.717) is 16.1 Å². The van der Waals surface area contributed by atoms with Crippen LogP contribution in [0.1, 0.15) is 25.8 Å². The van der Waals surface area contributed by atoms with Crippen LogP contribution in [-0.4, -0.2) is 10.9 Å². The molecule has 0 spiro atoms. The average Bonchev–Trinajstić information content (AvgIpc) is 3.02. The van der Waals surface area contributed by atoms with Crippen LogP contribution in [0.2, 0.25) is 0 Å². The van der Waals surface area contributed by atoms with Gasteiger partial charge in [0, 0.05) is 12.1 Å². The van der Waals surface area contributed by atoms with Crippen LogP contribution < -0.4 is 5.32 Å². The molecule has 0 atom stereocenters. The van der Waals surface area contributed by atoms with E-state index in [1.807, 2.05) is 30.3 Å². The summed E-state index contributed by atoms with van der Waals surface area (Å²) in [6, 6.07) is 14.2. The fourth-order valence-electron chi connectivity index (χ4n) is 2.49. The number of aromatic nitrogens is 1. The van der Waals surface area contributed by atoms with Gasteiger partial charge in [-0.15, -0.1) is 11.3 Å². The van der Waals surface area contributed by atoms with Crippen LogP contribution in [0.3, 0.4) is 0 Å². The highest BCUT2D eigenvalue weighted by Crippen LogP contribution is 2.30. The molecular formula is C19H15F3N2OS. The Bertz CT molecular complexity index is 920. The molecular weight excluding hydrogens is 361 g/mol. The minimum absolute atomic E-state index is 0.00787. The highest BCUT2D eigenvalue weighted by Gasteiger charge is 2.30. The van der Waals surface area contributed by atoms with Crippen LogP contribution in [0.25, 0.3) is 11.3 Å². The molecule has 0 aliphatic rings. The van der Waals surface area contributed by atoms with Gasteiger partial charge < -0.3 is 5.32 Å². The number of hydrogen-bond donors (Lipinski definition) is 1. The van der Waals surface area contributed by atoms with E-state index in [9.17, 15) is 18.0 Å². The van der Waals surface area contributed by atoms with Gasteiger partial charge in [0.2, 0.25) is 0 Å². The maximum absolute atomic E-state index is 12.8. The molecule has 3 nitrogen and oxygen atoms in total. The Kier molecular flexibility index (Phi) is 5.08. The van der Waals surface area contributed by atoms with Crippen molar-refractivity contribution in [1.82, 2.24) is 10.3 Å². The van der Waals surface area contributed by atoms with Crippen molar-refractivity contribution in [3.8, 4) is 11.3 Å². The van der Waals surface area contributed by atoms with E-state index in [1.165, 1.54) is 17.4 Å². The molecule has 1 N–H and O–H groups in total. The number of aryl methyl sites for hydroxylation is 1. The predicted octanol–water partition coefficient (Wildman–Crippen LogP) is 5.07. The second kappa shape index (κ2) is 7.29. The van der Waals surface area contributed by atoms with E-state index in [2.05, 4.69) is 10.3 Å². The lowest BCUT2D eigenvalue weighted by Gasteiger charge is -2.09. The van der Waals surface area contributed by atoms with Crippen molar-refractivity contribution in [3.05, 3.63) is 75.6 Å². The molecule has 0 aliphatic carbocycles. The molecule has 26 heavy (non-hydrogen) atoms. The number of rotatable bonds is 4. The largest absolute Gasteiger partial charge is 0.416 e. The molecule has 1 amide bonds. The third-order valence-electron chi connectivity index (χ3n) is 3.69. The molecule has 0 fully saturated rings. The molecule has 0 aliphatic heterocycles. The highest BCUT2D eigenvalue weighted by atomic mass is 32.1. The van der Waals surface area contributed by atoms with Crippen molar-refractivity contribution in [2.45, 2.75) is 19.6 Å². The number of nitrogens with one attached hydrogen (secondary N) is 1. The molecule has 1 heterocycles. The summed E-state index contributed by atoms with van der Waals surface area (Å²) in [5.74, 6) is -0.355. The number of carbonyl (C=O) groups is 1. The van der Waals surface area contributed by atoms with Gasteiger partial charge in [0.25, 0.3) is 5.91 Å². The fourth-order valence-corrected chi connectivity index (χ4v) is 3.35. The number of amides is 1. The monoisotopic (exact) mass is 376 g/mol. The number of thiazole rings is 1. The van der Waals surface area contributed by atoms with E-state index >= 15 is 0 Å². The molecule has 0 saturated carbocycles. The predicted molar refractivity (Wildman–Crippen MR) is 94.9 cm³/mol. The molecule has 134 valence electrons. The Morgan fingerprint density at radius 2 is 1.85 bits per heavy atom. The molecule has 0 bridgehead atoms. The van der Waals surface area contributed by atoms with E-state index in [-0.39, 0.29) is 12.5 Å². The summed E-state index contributed by atoms with van der Waals surface area (Å²) in [4.78, 5) is 17.4. The quantitative estimate of drug-likeness (QED) is 0.691. The Balaban J connectivity index is 1.78. The number of hydrogen-bond acceptors (Lipinski definition) is 3. The van der Waals surface area contributed by atoms with Gasteiger partial charge in [-0.05, 0) is 24.6 Å². The number of halogens is 3. The van der Waals surface area contributed by atoms with Crippen molar-refractivity contribution in [3.63, 3.8) is 0 Å². The SMILES string of the molecule is Cc1nc(-c2ccccc2)c(C(=O)NCc2cccc(C(F)(F)F)c2)s1. The van der Waals surface area contributed by atoms with E-state index in [1.54, 1.807) is 13.0 Å².